The molecule has 0 aliphatic rings. The molecule has 0 spiro atoms. The molecule has 4 nitrogen and oxygen atoms in total. The largest absolute Gasteiger partial charge is 0.444 e. The molecule has 1 atom stereocenters. The summed E-state index contributed by atoms with van der Waals surface area (Å²) in [6, 6.07) is 8.02. The molecule has 0 aliphatic carbocycles. The Bertz CT molecular complexity index is 513. The van der Waals surface area contributed by atoms with Gasteiger partial charge in [-0.2, -0.15) is 11.8 Å². The predicted molar refractivity (Wildman–Crippen MR) is 97.2 cm³/mol. The van der Waals surface area contributed by atoms with Crippen molar-refractivity contribution in [3.63, 3.8) is 0 Å². The maximum absolute atomic E-state index is 12.0. The molecular weight excluding hydrogens is 310 g/mol. The topological polar surface area (TPSA) is 58.6 Å². The number of benzene rings is 1. The number of hydrogen-bond acceptors (Lipinski definition) is 4. The van der Waals surface area contributed by atoms with Gasteiger partial charge in [-0.25, -0.2) is 4.79 Å². The van der Waals surface area contributed by atoms with Gasteiger partial charge in [0.2, 0.25) is 0 Å². The fourth-order valence-corrected chi connectivity index (χ4v) is 3.15. The Morgan fingerprint density at radius 3 is 2.48 bits per heavy atom. The summed E-state index contributed by atoms with van der Waals surface area (Å²) in [6.45, 7) is 7.87. The highest BCUT2D eigenvalue weighted by Crippen LogP contribution is 2.31. The maximum Gasteiger partial charge on any atom is 0.407 e. The number of alkyl carbamates (subject to hydrolysis) is 1. The fraction of sp³-hybridized carbons (Fsp3) is 0.611. The zero-order valence-electron chi connectivity index (χ0n) is 14.8. The normalized spacial score (nSPS) is 14.2. The van der Waals surface area contributed by atoms with Crippen LogP contribution in [0.4, 0.5) is 4.79 Å². The Hall–Kier alpha value is -1.20. The Morgan fingerprint density at radius 1 is 1.30 bits per heavy atom. The lowest BCUT2D eigenvalue weighted by Crippen LogP contribution is -2.45. The second kappa shape index (κ2) is 8.60. The van der Waals surface area contributed by atoms with E-state index >= 15 is 0 Å². The molecule has 1 aromatic carbocycles. The van der Waals surface area contributed by atoms with Crippen LogP contribution in [0, 0.1) is 6.92 Å². The molecule has 5 heteroatoms. The number of amides is 1. The summed E-state index contributed by atoms with van der Waals surface area (Å²) < 4.78 is 5.31. The molecule has 1 amide bonds. The molecule has 2 N–H and O–H groups in total. The van der Waals surface area contributed by atoms with Gasteiger partial charge in [-0.05, 0) is 57.3 Å². The van der Waals surface area contributed by atoms with Gasteiger partial charge in [-0.1, -0.05) is 24.3 Å². The van der Waals surface area contributed by atoms with E-state index in [1.807, 2.05) is 58.2 Å². The summed E-state index contributed by atoms with van der Waals surface area (Å²) in [4.78, 5) is 12.0. The van der Waals surface area contributed by atoms with E-state index in [9.17, 15) is 9.90 Å². The first-order chi connectivity index (χ1) is 10.7. The minimum absolute atomic E-state index is 0.0196. The number of rotatable bonds is 7. The van der Waals surface area contributed by atoms with Crippen molar-refractivity contribution in [2.45, 2.75) is 45.1 Å². The average molecular weight is 340 g/mol. The smallest absolute Gasteiger partial charge is 0.407 e. The van der Waals surface area contributed by atoms with Gasteiger partial charge in [-0.15, -0.1) is 0 Å². The number of aliphatic hydroxyl groups excluding tert-OH is 1. The molecule has 1 unspecified atom stereocenters. The van der Waals surface area contributed by atoms with Crippen LogP contribution in [-0.2, 0) is 10.2 Å². The molecule has 0 aliphatic heterocycles. The molecule has 1 aromatic rings. The first-order valence-corrected chi connectivity index (χ1v) is 9.26. The zero-order valence-corrected chi connectivity index (χ0v) is 15.6. The lowest BCUT2D eigenvalue weighted by Gasteiger charge is -2.34. The van der Waals surface area contributed by atoms with Crippen LogP contribution in [0.1, 0.15) is 38.3 Å². The minimum Gasteiger partial charge on any atom is -0.444 e. The summed E-state index contributed by atoms with van der Waals surface area (Å²) in [5.74, 6) is 0.908. The van der Waals surface area contributed by atoms with Crippen molar-refractivity contribution in [2.75, 3.05) is 25.2 Å². The van der Waals surface area contributed by atoms with Crippen LogP contribution in [0.25, 0.3) is 0 Å². The highest BCUT2D eigenvalue weighted by molar-refractivity contribution is 7.98. The van der Waals surface area contributed by atoms with Crippen LogP contribution >= 0.6 is 11.8 Å². The van der Waals surface area contributed by atoms with Gasteiger partial charge in [0.05, 0.1) is 6.61 Å². The van der Waals surface area contributed by atoms with Gasteiger partial charge in [0.15, 0.2) is 0 Å². The van der Waals surface area contributed by atoms with Crippen LogP contribution in [0.15, 0.2) is 24.3 Å². The summed E-state index contributed by atoms with van der Waals surface area (Å²) in [5.41, 5.74) is 1.17. The van der Waals surface area contributed by atoms with Crippen LogP contribution in [-0.4, -0.2) is 42.0 Å². The molecular formula is C18H29NO3S. The number of nitrogens with one attached hydrogen (secondary N) is 1. The molecule has 0 saturated heterocycles. The summed E-state index contributed by atoms with van der Waals surface area (Å²) >= 11 is 1.73. The number of carbonyl (C=O) groups excluding carboxylic acids is 1. The summed E-state index contributed by atoms with van der Waals surface area (Å²) in [5, 5.41) is 13.0. The zero-order chi connectivity index (χ0) is 17.5. The third-order valence-corrected chi connectivity index (χ3v) is 4.39. The molecule has 1 rings (SSSR count). The predicted octanol–water partition coefficient (Wildman–Crippen LogP) is 3.50. The molecule has 0 saturated carbocycles. The van der Waals surface area contributed by atoms with E-state index in [4.69, 9.17) is 4.74 Å². The molecule has 0 radical (unpaired) electrons. The first-order valence-electron chi connectivity index (χ1n) is 7.87. The third-order valence-electron chi connectivity index (χ3n) is 3.77. The average Bonchev–Trinajstić information content (AvgIpc) is 2.47. The third kappa shape index (κ3) is 6.07. The van der Waals surface area contributed by atoms with Gasteiger partial charge in [0.25, 0.3) is 0 Å². The highest BCUT2D eigenvalue weighted by atomic mass is 32.2. The minimum atomic E-state index is -0.534. The number of thioether (sulfide) groups is 1. The van der Waals surface area contributed by atoms with Gasteiger partial charge < -0.3 is 15.2 Å². The van der Waals surface area contributed by atoms with Crippen molar-refractivity contribution in [1.82, 2.24) is 5.32 Å². The quantitative estimate of drug-likeness (QED) is 0.798. The fourth-order valence-electron chi connectivity index (χ4n) is 2.56. The Balaban J connectivity index is 2.96. The molecule has 0 aromatic heterocycles. The van der Waals surface area contributed by atoms with E-state index in [0.717, 1.165) is 23.3 Å². The summed E-state index contributed by atoms with van der Waals surface area (Å²) in [7, 11) is 0. The number of hydrogen-bond donors (Lipinski definition) is 2. The first kappa shape index (κ1) is 19.8. The van der Waals surface area contributed by atoms with Crippen LogP contribution in [0.2, 0.25) is 0 Å². The van der Waals surface area contributed by atoms with E-state index in [1.165, 1.54) is 0 Å². The molecule has 0 bridgehead atoms. The lowest BCUT2D eigenvalue weighted by molar-refractivity contribution is 0.0502. The van der Waals surface area contributed by atoms with E-state index in [1.54, 1.807) is 11.8 Å². The Labute approximate surface area is 144 Å². The van der Waals surface area contributed by atoms with Crippen LogP contribution < -0.4 is 5.32 Å². The molecule has 0 fully saturated rings. The van der Waals surface area contributed by atoms with Crippen molar-refractivity contribution in [3.8, 4) is 0 Å². The SMILES string of the molecule is CSCCC(CO)(CNC(=O)OC(C)(C)C)c1ccccc1C. The second-order valence-electron chi connectivity index (χ2n) is 6.85. The maximum atomic E-state index is 12.0. The highest BCUT2D eigenvalue weighted by Gasteiger charge is 2.33. The number of carbonyl (C=O) groups is 1. The molecule has 23 heavy (non-hydrogen) atoms. The van der Waals surface area contributed by atoms with Crippen molar-refractivity contribution in [2.24, 2.45) is 0 Å². The van der Waals surface area contributed by atoms with Gasteiger partial charge in [0.1, 0.15) is 5.60 Å². The number of aliphatic hydroxyl groups is 1. The summed E-state index contributed by atoms with van der Waals surface area (Å²) in [6.07, 6.45) is 2.38. The molecule has 130 valence electrons. The Kier molecular flexibility index (Phi) is 7.42. The standard InChI is InChI=1S/C18H29NO3S/c1-14-8-6-7-9-15(14)18(13-20,10-11-23-5)12-19-16(21)22-17(2,3)4/h6-9,20H,10-13H2,1-5H3,(H,19,21). The van der Waals surface area contributed by atoms with Crippen LogP contribution in [0.5, 0.6) is 0 Å². The van der Waals surface area contributed by atoms with E-state index < -0.39 is 17.1 Å². The van der Waals surface area contributed by atoms with Gasteiger partial charge in [0, 0.05) is 12.0 Å². The molecule has 0 heterocycles. The number of aryl methyl sites for hydroxylation is 1. The van der Waals surface area contributed by atoms with Crippen LogP contribution in [0.3, 0.4) is 0 Å². The number of ether oxygens (including phenoxy) is 1. The van der Waals surface area contributed by atoms with Gasteiger partial charge in [-0.3, -0.25) is 0 Å². The Morgan fingerprint density at radius 2 is 1.96 bits per heavy atom. The van der Waals surface area contributed by atoms with Crippen molar-refractivity contribution >= 4 is 17.9 Å². The van der Waals surface area contributed by atoms with Crippen molar-refractivity contribution < 1.29 is 14.6 Å². The van der Waals surface area contributed by atoms with E-state index in [2.05, 4.69) is 5.32 Å². The van der Waals surface area contributed by atoms with Gasteiger partial charge >= 0.3 is 6.09 Å². The lowest BCUT2D eigenvalue weighted by atomic mass is 9.76. The van der Waals surface area contributed by atoms with Crippen molar-refractivity contribution in [1.29, 1.82) is 0 Å². The van der Waals surface area contributed by atoms with E-state index in [0.29, 0.717) is 6.54 Å². The van der Waals surface area contributed by atoms with Crippen molar-refractivity contribution in [3.05, 3.63) is 35.4 Å². The van der Waals surface area contributed by atoms with E-state index in [-0.39, 0.29) is 6.61 Å². The second-order valence-corrected chi connectivity index (χ2v) is 7.84. The monoisotopic (exact) mass is 339 g/mol.